The molecule has 1 aromatic rings. The SMILES string of the molecule is Cn1nnc(CN2CCC(NC=O)CC2)n1. The summed E-state index contributed by atoms with van der Waals surface area (Å²) in [5.74, 6) is 0.754. The maximum absolute atomic E-state index is 10.3. The van der Waals surface area contributed by atoms with Gasteiger partial charge >= 0.3 is 0 Å². The molecule has 1 N–H and O–H groups in total. The van der Waals surface area contributed by atoms with Crippen LogP contribution in [0.15, 0.2) is 0 Å². The number of rotatable bonds is 4. The van der Waals surface area contributed by atoms with E-state index in [-0.39, 0.29) is 0 Å². The molecule has 7 nitrogen and oxygen atoms in total. The third-order valence-electron chi connectivity index (χ3n) is 2.81. The monoisotopic (exact) mass is 224 g/mol. The van der Waals surface area contributed by atoms with Crippen LogP contribution in [-0.4, -0.2) is 50.6 Å². The Balaban J connectivity index is 1.79. The minimum absolute atomic E-state index is 0.323. The number of amides is 1. The van der Waals surface area contributed by atoms with Crippen molar-refractivity contribution in [1.29, 1.82) is 0 Å². The highest BCUT2D eigenvalue weighted by Crippen LogP contribution is 2.11. The van der Waals surface area contributed by atoms with Crippen molar-refractivity contribution in [3.8, 4) is 0 Å². The quantitative estimate of drug-likeness (QED) is 0.658. The molecule has 1 amide bonds. The molecule has 0 aromatic carbocycles. The summed E-state index contributed by atoms with van der Waals surface area (Å²) in [6.07, 6.45) is 2.75. The van der Waals surface area contributed by atoms with E-state index in [0.29, 0.717) is 6.04 Å². The third kappa shape index (κ3) is 2.75. The van der Waals surface area contributed by atoms with Gasteiger partial charge in [0.2, 0.25) is 6.41 Å². The van der Waals surface area contributed by atoms with Crippen LogP contribution in [0.25, 0.3) is 0 Å². The second-order valence-corrected chi connectivity index (χ2v) is 4.03. The van der Waals surface area contributed by atoms with Crippen molar-refractivity contribution in [2.45, 2.75) is 25.4 Å². The second kappa shape index (κ2) is 5.02. The maximum atomic E-state index is 10.3. The van der Waals surface area contributed by atoms with Crippen LogP contribution in [0.5, 0.6) is 0 Å². The molecule has 1 aliphatic rings. The van der Waals surface area contributed by atoms with Crippen LogP contribution in [-0.2, 0) is 18.4 Å². The first-order chi connectivity index (χ1) is 7.78. The topological polar surface area (TPSA) is 75.9 Å². The number of aryl methyl sites for hydroxylation is 1. The fourth-order valence-electron chi connectivity index (χ4n) is 1.94. The predicted octanol–water partition coefficient (Wildman–Crippen LogP) is -1.08. The zero-order valence-corrected chi connectivity index (χ0v) is 9.33. The van der Waals surface area contributed by atoms with E-state index in [0.717, 1.165) is 44.7 Å². The van der Waals surface area contributed by atoms with E-state index in [4.69, 9.17) is 0 Å². The molecule has 0 spiro atoms. The summed E-state index contributed by atoms with van der Waals surface area (Å²) in [6.45, 7) is 2.66. The lowest BCUT2D eigenvalue weighted by Gasteiger charge is -2.30. The average Bonchev–Trinajstić information content (AvgIpc) is 2.67. The normalized spacial score (nSPS) is 18.6. The van der Waals surface area contributed by atoms with Gasteiger partial charge in [0, 0.05) is 19.1 Å². The van der Waals surface area contributed by atoms with Gasteiger partial charge in [0.05, 0.1) is 13.6 Å². The second-order valence-electron chi connectivity index (χ2n) is 4.03. The van der Waals surface area contributed by atoms with Crippen LogP contribution in [0.3, 0.4) is 0 Å². The standard InChI is InChI=1S/C9H16N6O/c1-14-12-9(11-13-14)6-15-4-2-8(3-5-15)10-7-16/h7-8H,2-6H2,1H3,(H,10,16). The predicted molar refractivity (Wildman–Crippen MR) is 56.3 cm³/mol. The van der Waals surface area contributed by atoms with Gasteiger partial charge in [-0.2, -0.15) is 4.80 Å². The van der Waals surface area contributed by atoms with Gasteiger partial charge in [-0.05, 0) is 18.1 Å². The number of tetrazole rings is 1. The number of likely N-dealkylation sites (tertiary alicyclic amines) is 1. The molecular formula is C9H16N6O. The molecule has 2 rings (SSSR count). The van der Waals surface area contributed by atoms with Gasteiger partial charge in [0.1, 0.15) is 0 Å². The van der Waals surface area contributed by atoms with Crippen LogP contribution >= 0.6 is 0 Å². The molecule has 0 atom stereocenters. The van der Waals surface area contributed by atoms with Crippen LogP contribution < -0.4 is 5.32 Å². The maximum Gasteiger partial charge on any atom is 0.207 e. The van der Waals surface area contributed by atoms with E-state index >= 15 is 0 Å². The van der Waals surface area contributed by atoms with E-state index in [1.807, 2.05) is 0 Å². The van der Waals surface area contributed by atoms with Crippen LogP contribution in [0.4, 0.5) is 0 Å². The smallest absolute Gasteiger partial charge is 0.207 e. The van der Waals surface area contributed by atoms with E-state index in [1.165, 1.54) is 4.80 Å². The Kier molecular flexibility index (Phi) is 3.45. The Hall–Kier alpha value is -1.50. The van der Waals surface area contributed by atoms with E-state index in [2.05, 4.69) is 25.6 Å². The van der Waals surface area contributed by atoms with Crippen molar-refractivity contribution in [1.82, 2.24) is 30.4 Å². The van der Waals surface area contributed by atoms with Crippen molar-refractivity contribution in [3.05, 3.63) is 5.82 Å². The number of nitrogens with one attached hydrogen (secondary N) is 1. The number of hydrogen-bond donors (Lipinski definition) is 1. The van der Waals surface area contributed by atoms with Crippen LogP contribution in [0.2, 0.25) is 0 Å². The molecule has 1 saturated heterocycles. The molecule has 88 valence electrons. The van der Waals surface area contributed by atoms with Gasteiger partial charge in [-0.3, -0.25) is 9.69 Å². The van der Waals surface area contributed by atoms with Crippen molar-refractivity contribution in [3.63, 3.8) is 0 Å². The molecule has 1 fully saturated rings. The molecule has 7 heteroatoms. The minimum atomic E-state index is 0.323. The molecule has 2 heterocycles. The Morgan fingerprint density at radius 1 is 1.50 bits per heavy atom. The molecular weight excluding hydrogens is 208 g/mol. The van der Waals surface area contributed by atoms with Crippen LogP contribution in [0.1, 0.15) is 18.7 Å². The van der Waals surface area contributed by atoms with Crippen LogP contribution in [0, 0.1) is 0 Å². The Labute approximate surface area is 93.8 Å². The zero-order valence-electron chi connectivity index (χ0n) is 9.33. The molecule has 0 unspecified atom stereocenters. The number of nitrogens with zero attached hydrogens (tertiary/aromatic N) is 5. The summed E-state index contributed by atoms with van der Waals surface area (Å²) in [5, 5.41) is 14.7. The number of hydrogen-bond acceptors (Lipinski definition) is 5. The summed E-state index contributed by atoms with van der Waals surface area (Å²) >= 11 is 0. The van der Waals surface area contributed by atoms with Crippen molar-refractivity contribution >= 4 is 6.41 Å². The lowest BCUT2D eigenvalue weighted by atomic mass is 10.1. The summed E-state index contributed by atoms with van der Waals surface area (Å²) in [6, 6.07) is 0.323. The third-order valence-corrected chi connectivity index (χ3v) is 2.81. The molecule has 16 heavy (non-hydrogen) atoms. The summed E-state index contributed by atoms with van der Waals surface area (Å²) < 4.78 is 0. The van der Waals surface area contributed by atoms with Gasteiger partial charge in [0.15, 0.2) is 5.82 Å². The largest absolute Gasteiger partial charge is 0.356 e. The summed E-state index contributed by atoms with van der Waals surface area (Å²) in [4.78, 5) is 14.0. The summed E-state index contributed by atoms with van der Waals surface area (Å²) in [5.41, 5.74) is 0. The van der Waals surface area contributed by atoms with Crippen molar-refractivity contribution < 1.29 is 4.79 Å². The Morgan fingerprint density at radius 3 is 2.81 bits per heavy atom. The van der Waals surface area contributed by atoms with E-state index in [9.17, 15) is 4.79 Å². The highest BCUT2D eigenvalue weighted by atomic mass is 16.1. The number of piperidine rings is 1. The first-order valence-electron chi connectivity index (χ1n) is 5.43. The average molecular weight is 224 g/mol. The molecule has 0 bridgehead atoms. The molecule has 1 aromatic heterocycles. The fraction of sp³-hybridized carbons (Fsp3) is 0.778. The number of carbonyl (C=O) groups excluding carboxylic acids is 1. The van der Waals surface area contributed by atoms with Crippen molar-refractivity contribution in [2.24, 2.45) is 7.05 Å². The molecule has 0 radical (unpaired) electrons. The van der Waals surface area contributed by atoms with Gasteiger partial charge in [0.25, 0.3) is 0 Å². The summed E-state index contributed by atoms with van der Waals surface area (Å²) in [7, 11) is 1.76. The highest BCUT2D eigenvalue weighted by molar-refractivity contribution is 5.46. The molecule has 1 aliphatic heterocycles. The first-order valence-corrected chi connectivity index (χ1v) is 5.43. The van der Waals surface area contributed by atoms with Gasteiger partial charge in [-0.1, -0.05) is 0 Å². The number of carbonyl (C=O) groups is 1. The molecule has 0 saturated carbocycles. The Morgan fingerprint density at radius 2 is 2.25 bits per heavy atom. The fourth-order valence-corrected chi connectivity index (χ4v) is 1.94. The van der Waals surface area contributed by atoms with Crippen molar-refractivity contribution in [2.75, 3.05) is 13.1 Å². The zero-order chi connectivity index (χ0) is 11.4. The van der Waals surface area contributed by atoms with E-state index in [1.54, 1.807) is 7.05 Å². The van der Waals surface area contributed by atoms with Gasteiger partial charge in [-0.25, -0.2) is 0 Å². The molecule has 0 aliphatic carbocycles. The highest BCUT2D eigenvalue weighted by Gasteiger charge is 2.19. The lowest BCUT2D eigenvalue weighted by Crippen LogP contribution is -2.41. The minimum Gasteiger partial charge on any atom is -0.356 e. The lowest BCUT2D eigenvalue weighted by molar-refractivity contribution is -0.110. The first kappa shape index (κ1) is 11.0. The Bertz CT molecular complexity index is 344. The van der Waals surface area contributed by atoms with Gasteiger partial charge < -0.3 is 5.32 Å². The van der Waals surface area contributed by atoms with E-state index < -0.39 is 0 Å². The number of aromatic nitrogens is 4. The van der Waals surface area contributed by atoms with Gasteiger partial charge in [-0.15, -0.1) is 10.2 Å².